The molecule has 3 N–H and O–H groups in total. The van der Waals surface area contributed by atoms with E-state index in [1.165, 1.54) is 17.7 Å². The van der Waals surface area contributed by atoms with Gasteiger partial charge in [-0.2, -0.15) is 10.3 Å². The Balaban J connectivity index is 1.60. The van der Waals surface area contributed by atoms with Crippen molar-refractivity contribution in [1.29, 1.82) is 0 Å². The lowest BCUT2D eigenvalue weighted by Crippen LogP contribution is -2.30. The molecule has 0 aromatic carbocycles. The third-order valence-electron chi connectivity index (χ3n) is 2.01. The van der Waals surface area contributed by atoms with Gasteiger partial charge in [-0.3, -0.25) is 5.32 Å². The van der Waals surface area contributed by atoms with Gasteiger partial charge in [-0.1, -0.05) is 0 Å². The van der Waals surface area contributed by atoms with Crippen molar-refractivity contribution in [3.63, 3.8) is 0 Å². The summed E-state index contributed by atoms with van der Waals surface area (Å²) in [4.78, 5) is 11.4. The zero-order valence-electron chi connectivity index (χ0n) is 8.60. The van der Waals surface area contributed by atoms with Crippen LogP contribution in [0.15, 0.2) is 6.20 Å². The summed E-state index contributed by atoms with van der Waals surface area (Å²) in [7, 11) is 0. The minimum absolute atomic E-state index is 0.234. The number of nitrogens with zero attached hydrogens (tertiary/aromatic N) is 2. The van der Waals surface area contributed by atoms with E-state index < -0.39 is 0 Å². The van der Waals surface area contributed by atoms with Crippen molar-refractivity contribution in [3.05, 3.63) is 6.20 Å². The highest BCUT2D eigenvalue weighted by atomic mass is 32.2. The first kappa shape index (κ1) is 11.6. The topological polar surface area (TPSA) is 82.7 Å². The average Bonchev–Trinajstić information content (AvgIpc) is 2.90. The van der Waals surface area contributed by atoms with E-state index in [0.29, 0.717) is 16.9 Å². The number of nitrogens with one attached hydrogen (secondary N) is 3. The van der Waals surface area contributed by atoms with Crippen molar-refractivity contribution in [2.45, 2.75) is 11.0 Å². The number of anilines is 1. The molecule has 2 amide bonds. The van der Waals surface area contributed by atoms with E-state index in [0.717, 1.165) is 6.42 Å². The molecule has 1 aliphatic rings. The molecule has 8 heteroatoms. The number of aromatic nitrogens is 3. The molecule has 1 aromatic rings. The second-order valence-electron chi connectivity index (χ2n) is 3.20. The van der Waals surface area contributed by atoms with Gasteiger partial charge in [0.2, 0.25) is 0 Å². The van der Waals surface area contributed by atoms with Gasteiger partial charge in [0.1, 0.15) is 0 Å². The third kappa shape index (κ3) is 3.60. The number of hydrogen-bond acceptors (Lipinski definition) is 5. The maximum Gasteiger partial charge on any atom is 0.320 e. The monoisotopic (exact) mass is 259 g/mol. The van der Waals surface area contributed by atoms with E-state index in [9.17, 15) is 4.79 Å². The number of H-pyrrole nitrogens is 1. The van der Waals surface area contributed by atoms with Gasteiger partial charge < -0.3 is 5.32 Å². The van der Waals surface area contributed by atoms with Gasteiger partial charge in [0.25, 0.3) is 0 Å². The maximum absolute atomic E-state index is 11.4. The van der Waals surface area contributed by atoms with E-state index in [4.69, 9.17) is 0 Å². The summed E-state index contributed by atoms with van der Waals surface area (Å²) in [5.41, 5.74) is 0. The van der Waals surface area contributed by atoms with Gasteiger partial charge in [0.05, 0.1) is 10.8 Å². The predicted octanol–water partition coefficient (Wildman–Crippen LogP) is 1.12. The predicted molar refractivity (Wildman–Crippen MR) is 66.7 cm³/mol. The van der Waals surface area contributed by atoms with Crippen molar-refractivity contribution in [2.75, 3.05) is 23.4 Å². The number of thioether (sulfide) groups is 2. The Hall–Kier alpha value is -0.890. The quantitative estimate of drug-likeness (QED) is 0.755. The number of amides is 2. The van der Waals surface area contributed by atoms with Crippen LogP contribution in [0.3, 0.4) is 0 Å². The fourth-order valence-corrected chi connectivity index (χ4v) is 4.13. The van der Waals surface area contributed by atoms with Crippen molar-refractivity contribution < 1.29 is 4.79 Å². The molecule has 0 radical (unpaired) electrons. The molecule has 0 unspecified atom stereocenters. The van der Waals surface area contributed by atoms with Crippen LogP contribution >= 0.6 is 23.5 Å². The zero-order chi connectivity index (χ0) is 11.2. The van der Waals surface area contributed by atoms with Crippen molar-refractivity contribution in [2.24, 2.45) is 0 Å². The van der Waals surface area contributed by atoms with Gasteiger partial charge >= 0.3 is 6.03 Å². The molecule has 0 spiro atoms. The summed E-state index contributed by atoms with van der Waals surface area (Å²) in [5, 5.41) is 15.1. The van der Waals surface area contributed by atoms with Crippen LogP contribution in [0.4, 0.5) is 10.6 Å². The molecule has 0 saturated carbocycles. The summed E-state index contributed by atoms with van der Waals surface area (Å²) in [6, 6.07) is -0.234. The number of urea groups is 1. The fraction of sp³-hybridized carbons (Fsp3) is 0.625. The lowest BCUT2D eigenvalue weighted by atomic mass is 10.5. The summed E-state index contributed by atoms with van der Waals surface area (Å²) >= 11 is 3.93. The Morgan fingerprint density at radius 3 is 3.06 bits per heavy atom. The standard InChI is InChI=1S/C8H13N5OS2/c14-8(11-6-5-10-13-12-6)9-2-1-7-15-3-4-16-7/h5,7H,1-4H2,(H3,9,10,11,12,13,14). The van der Waals surface area contributed by atoms with Crippen LogP contribution in [0.25, 0.3) is 0 Å². The summed E-state index contributed by atoms with van der Waals surface area (Å²) in [6.45, 7) is 0.689. The summed E-state index contributed by atoms with van der Waals surface area (Å²) in [6.07, 6.45) is 2.46. The van der Waals surface area contributed by atoms with Crippen LogP contribution < -0.4 is 10.6 Å². The Kier molecular flexibility index (Phi) is 4.34. The molecule has 88 valence electrons. The highest BCUT2D eigenvalue weighted by molar-refractivity contribution is 8.20. The fourth-order valence-electron chi connectivity index (χ4n) is 1.30. The Labute approximate surface area is 102 Å². The first-order chi connectivity index (χ1) is 7.84. The van der Waals surface area contributed by atoms with Crippen LogP contribution in [0, 0.1) is 0 Å². The van der Waals surface area contributed by atoms with Crippen molar-refractivity contribution in [3.8, 4) is 0 Å². The maximum atomic E-state index is 11.4. The van der Waals surface area contributed by atoms with Crippen LogP contribution in [-0.4, -0.2) is 44.1 Å². The molecule has 1 fully saturated rings. The summed E-state index contributed by atoms with van der Waals surface area (Å²) < 4.78 is 0.632. The molecule has 0 aliphatic carbocycles. The third-order valence-corrected chi connectivity index (χ3v) is 5.18. The van der Waals surface area contributed by atoms with E-state index in [1.54, 1.807) is 0 Å². The first-order valence-electron chi connectivity index (χ1n) is 4.98. The van der Waals surface area contributed by atoms with Crippen LogP contribution in [0.5, 0.6) is 0 Å². The van der Waals surface area contributed by atoms with Gasteiger partial charge in [-0.25, -0.2) is 4.79 Å². The van der Waals surface area contributed by atoms with Crippen LogP contribution in [0.1, 0.15) is 6.42 Å². The highest BCUT2D eigenvalue weighted by Crippen LogP contribution is 2.33. The molecule has 2 heterocycles. The number of hydrogen-bond donors (Lipinski definition) is 3. The van der Waals surface area contributed by atoms with Crippen molar-refractivity contribution >= 4 is 35.4 Å². The molecule has 1 aromatic heterocycles. The van der Waals surface area contributed by atoms with E-state index >= 15 is 0 Å². The lowest BCUT2D eigenvalue weighted by molar-refractivity contribution is 0.252. The van der Waals surface area contributed by atoms with Gasteiger partial charge in [-0.15, -0.1) is 28.6 Å². The summed E-state index contributed by atoms with van der Waals surface area (Å²) in [5.74, 6) is 2.88. The molecular formula is C8H13N5OS2. The van der Waals surface area contributed by atoms with E-state index in [1.807, 2.05) is 23.5 Å². The molecule has 1 aliphatic heterocycles. The molecule has 0 atom stereocenters. The Bertz CT molecular complexity index is 325. The zero-order valence-corrected chi connectivity index (χ0v) is 10.2. The van der Waals surface area contributed by atoms with E-state index in [2.05, 4.69) is 26.0 Å². The molecule has 1 saturated heterocycles. The molecule has 6 nitrogen and oxygen atoms in total. The largest absolute Gasteiger partial charge is 0.338 e. The van der Waals surface area contributed by atoms with Gasteiger partial charge in [0.15, 0.2) is 5.82 Å². The van der Waals surface area contributed by atoms with E-state index in [-0.39, 0.29) is 6.03 Å². The number of rotatable bonds is 4. The first-order valence-corrected chi connectivity index (χ1v) is 7.08. The Morgan fingerprint density at radius 1 is 1.56 bits per heavy atom. The molecular weight excluding hydrogens is 246 g/mol. The van der Waals surface area contributed by atoms with Gasteiger partial charge in [-0.05, 0) is 6.42 Å². The average molecular weight is 259 g/mol. The molecule has 0 bridgehead atoms. The second-order valence-corrected chi connectivity index (χ2v) is 6.12. The highest BCUT2D eigenvalue weighted by Gasteiger charge is 2.15. The number of carbonyl (C=O) groups is 1. The van der Waals surface area contributed by atoms with Crippen molar-refractivity contribution in [1.82, 2.24) is 20.7 Å². The smallest absolute Gasteiger partial charge is 0.320 e. The Morgan fingerprint density at radius 2 is 2.38 bits per heavy atom. The van der Waals surface area contributed by atoms with Crippen LogP contribution in [-0.2, 0) is 0 Å². The minimum Gasteiger partial charge on any atom is -0.338 e. The number of aromatic amines is 1. The minimum atomic E-state index is -0.234. The second kappa shape index (κ2) is 6.00. The van der Waals surface area contributed by atoms with Gasteiger partial charge in [0, 0.05) is 18.1 Å². The normalized spacial score (nSPS) is 16.2. The SMILES string of the molecule is O=C(NCCC1SCCS1)Nc1cn[nH]n1. The number of carbonyl (C=O) groups excluding carboxylic acids is 1. The molecule has 2 rings (SSSR count). The lowest BCUT2D eigenvalue weighted by Gasteiger charge is -2.08. The van der Waals surface area contributed by atoms with Crippen LogP contribution in [0.2, 0.25) is 0 Å². The molecule has 16 heavy (non-hydrogen) atoms.